The Labute approximate surface area is 100 Å². The Morgan fingerprint density at radius 1 is 1.18 bits per heavy atom. The summed E-state index contributed by atoms with van der Waals surface area (Å²) in [5.74, 6) is 0.327. The van der Waals surface area contributed by atoms with Crippen LogP contribution >= 0.6 is 0 Å². The molecule has 2 aromatic rings. The van der Waals surface area contributed by atoms with E-state index in [1.165, 1.54) is 11.6 Å². The lowest BCUT2D eigenvalue weighted by molar-refractivity contribution is 0.297. The molecule has 88 valence electrons. The van der Waals surface area contributed by atoms with Crippen molar-refractivity contribution in [2.45, 2.75) is 20.5 Å². The zero-order valence-corrected chi connectivity index (χ0v) is 9.90. The van der Waals surface area contributed by atoms with E-state index in [9.17, 15) is 4.39 Å². The average Bonchev–Trinajstić information content (AvgIpc) is 2.28. The molecule has 0 fully saturated rings. The molecule has 0 aliphatic rings. The molecular weight excluding hydrogens is 217 g/mol. The van der Waals surface area contributed by atoms with Crippen LogP contribution in [0.3, 0.4) is 0 Å². The van der Waals surface area contributed by atoms with Crippen LogP contribution < -0.4 is 4.74 Å². The summed E-state index contributed by atoms with van der Waals surface area (Å²) in [7, 11) is 0. The first-order valence-corrected chi connectivity index (χ1v) is 5.46. The van der Waals surface area contributed by atoms with E-state index in [1.54, 1.807) is 12.1 Å². The standard InChI is InChI=1S/C14H14FNO/c1-10-6-7-13(11(2)8-10)17-9-12-4-3-5-14(15)16-12/h3-8H,9H2,1-2H3. The second kappa shape index (κ2) is 4.95. The van der Waals surface area contributed by atoms with E-state index in [1.807, 2.05) is 32.0 Å². The van der Waals surface area contributed by atoms with Gasteiger partial charge in [-0.2, -0.15) is 4.39 Å². The first-order valence-electron chi connectivity index (χ1n) is 5.46. The predicted molar refractivity (Wildman–Crippen MR) is 64.4 cm³/mol. The van der Waals surface area contributed by atoms with Crippen LogP contribution in [0, 0.1) is 19.8 Å². The van der Waals surface area contributed by atoms with Gasteiger partial charge >= 0.3 is 0 Å². The van der Waals surface area contributed by atoms with Gasteiger partial charge in [0.05, 0.1) is 5.69 Å². The SMILES string of the molecule is Cc1ccc(OCc2cccc(F)n2)c(C)c1. The summed E-state index contributed by atoms with van der Waals surface area (Å²) in [6.45, 7) is 4.30. The van der Waals surface area contributed by atoms with Crippen LogP contribution in [0.5, 0.6) is 5.75 Å². The fraction of sp³-hybridized carbons (Fsp3) is 0.214. The van der Waals surface area contributed by atoms with Gasteiger partial charge in [0.2, 0.25) is 5.95 Å². The lowest BCUT2D eigenvalue weighted by Gasteiger charge is -2.09. The number of hydrogen-bond acceptors (Lipinski definition) is 2. The van der Waals surface area contributed by atoms with Crippen molar-refractivity contribution in [3.8, 4) is 5.75 Å². The molecule has 0 unspecified atom stereocenters. The molecule has 2 rings (SSSR count). The quantitative estimate of drug-likeness (QED) is 0.755. The minimum atomic E-state index is -0.480. The van der Waals surface area contributed by atoms with Crippen molar-refractivity contribution in [2.24, 2.45) is 0 Å². The summed E-state index contributed by atoms with van der Waals surface area (Å²) in [6.07, 6.45) is 0. The minimum Gasteiger partial charge on any atom is -0.487 e. The van der Waals surface area contributed by atoms with Gasteiger partial charge in [-0.25, -0.2) is 4.98 Å². The van der Waals surface area contributed by atoms with Crippen LogP contribution in [-0.2, 0) is 6.61 Å². The fourth-order valence-corrected chi connectivity index (χ4v) is 1.64. The van der Waals surface area contributed by atoms with Gasteiger partial charge < -0.3 is 4.74 Å². The molecule has 0 amide bonds. The number of aromatic nitrogens is 1. The molecule has 0 saturated heterocycles. The average molecular weight is 231 g/mol. The van der Waals surface area contributed by atoms with Crippen LogP contribution in [0.15, 0.2) is 36.4 Å². The zero-order valence-electron chi connectivity index (χ0n) is 9.90. The molecule has 0 aliphatic heterocycles. The number of rotatable bonds is 3. The summed E-state index contributed by atoms with van der Waals surface area (Å²) < 4.78 is 18.5. The number of aryl methyl sites for hydroxylation is 2. The lowest BCUT2D eigenvalue weighted by atomic mass is 10.1. The minimum absolute atomic E-state index is 0.279. The molecule has 3 heteroatoms. The number of ether oxygens (including phenoxy) is 1. The highest BCUT2D eigenvalue weighted by Gasteiger charge is 2.02. The van der Waals surface area contributed by atoms with E-state index in [0.29, 0.717) is 5.69 Å². The van der Waals surface area contributed by atoms with Crippen LogP contribution in [0.4, 0.5) is 4.39 Å². The normalized spacial score (nSPS) is 10.3. The van der Waals surface area contributed by atoms with Crippen LogP contribution in [-0.4, -0.2) is 4.98 Å². The largest absolute Gasteiger partial charge is 0.487 e. The molecule has 17 heavy (non-hydrogen) atoms. The molecule has 0 saturated carbocycles. The smallest absolute Gasteiger partial charge is 0.213 e. The maximum Gasteiger partial charge on any atom is 0.213 e. The molecule has 0 N–H and O–H groups in total. The Balaban J connectivity index is 2.07. The maximum atomic E-state index is 12.9. The van der Waals surface area contributed by atoms with E-state index in [0.717, 1.165) is 11.3 Å². The second-order valence-electron chi connectivity index (χ2n) is 4.01. The molecule has 1 aromatic heterocycles. The summed E-state index contributed by atoms with van der Waals surface area (Å²) >= 11 is 0. The summed E-state index contributed by atoms with van der Waals surface area (Å²) in [4.78, 5) is 3.74. The molecule has 0 aliphatic carbocycles. The van der Waals surface area contributed by atoms with Gasteiger partial charge in [0, 0.05) is 0 Å². The highest BCUT2D eigenvalue weighted by atomic mass is 19.1. The summed E-state index contributed by atoms with van der Waals surface area (Å²) in [5, 5.41) is 0. The Kier molecular flexibility index (Phi) is 3.38. The van der Waals surface area contributed by atoms with E-state index in [2.05, 4.69) is 4.98 Å². The van der Waals surface area contributed by atoms with Crippen molar-refractivity contribution in [3.63, 3.8) is 0 Å². The molecule has 1 heterocycles. The fourth-order valence-electron chi connectivity index (χ4n) is 1.64. The highest BCUT2D eigenvalue weighted by molar-refractivity contribution is 5.35. The molecule has 0 spiro atoms. The third-order valence-corrected chi connectivity index (χ3v) is 2.48. The van der Waals surface area contributed by atoms with Crippen molar-refractivity contribution < 1.29 is 9.13 Å². The van der Waals surface area contributed by atoms with Crippen molar-refractivity contribution in [3.05, 3.63) is 59.2 Å². The van der Waals surface area contributed by atoms with Gasteiger partial charge in [0.1, 0.15) is 12.4 Å². The van der Waals surface area contributed by atoms with E-state index < -0.39 is 5.95 Å². The van der Waals surface area contributed by atoms with Crippen molar-refractivity contribution in [2.75, 3.05) is 0 Å². The van der Waals surface area contributed by atoms with E-state index in [4.69, 9.17) is 4.74 Å². The molecule has 0 radical (unpaired) electrons. The van der Waals surface area contributed by atoms with E-state index in [-0.39, 0.29) is 6.61 Å². The van der Waals surface area contributed by atoms with Crippen molar-refractivity contribution in [1.82, 2.24) is 4.98 Å². The van der Waals surface area contributed by atoms with Gasteiger partial charge in [-0.15, -0.1) is 0 Å². The Bertz CT molecular complexity index is 525. The molecular formula is C14H14FNO. The highest BCUT2D eigenvalue weighted by Crippen LogP contribution is 2.19. The third-order valence-electron chi connectivity index (χ3n) is 2.48. The van der Waals surface area contributed by atoms with Crippen LogP contribution in [0.2, 0.25) is 0 Å². The number of pyridine rings is 1. The molecule has 2 nitrogen and oxygen atoms in total. The first-order chi connectivity index (χ1) is 8.15. The molecule has 1 aromatic carbocycles. The topological polar surface area (TPSA) is 22.1 Å². The summed E-state index contributed by atoms with van der Waals surface area (Å²) in [5.41, 5.74) is 2.85. The Morgan fingerprint density at radius 2 is 2.00 bits per heavy atom. The molecule has 0 bridgehead atoms. The first kappa shape index (κ1) is 11.6. The van der Waals surface area contributed by atoms with Crippen molar-refractivity contribution in [1.29, 1.82) is 0 Å². The van der Waals surface area contributed by atoms with Gasteiger partial charge in [-0.1, -0.05) is 23.8 Å². The van der Waals surface area contributed by atoms with Crippen LogP contribution in [0.1, 0.15) is 16.8 Å². The van der Waals surface area contributed by atoms with E-state index >= 15 is 0 Å². The Hall–Kier alpha value is -1.90. The number of benzene rings is 1. The number of nitrogens with zero attached hydrogens (tertiary/aromatic N) is 1. The second-order valence-corrected chi connectivity index (χ2v) is 4.01. The third kappa shape index (κ3) is 3.03. The monoisotopic (exact) mass is 231 g/mol. The maximum absolute atomic E-state index is 12.9. The Morgan fingerprint density at radius 3 is 2.71 bits per heavy atom. The number of halogens is 1. The van der Waals surface area contributed by atoms with Gasteiger partial charge in [0.25, 0.3) is 0 Å². The van der Waals surface area contributed by atoms with Gasteiger partial charge in [-0.3, -0.25) is 0 Å². The summed E-state index contributed by atoms with van der Waals surface area (Å²) in [6, 6.07) is 10.6. The van der Waals surface area contributed by atoms with Gasteiger partial charge in [0.15, 0.2) is 0 Å². The van der Waals surface area contributed by atoms with Gasteiger partial charge in [-0.05, 0) is 37.6 Å². The lowest BCUT2D eigenvalue weighted by Crippen LogP contribution is -2.00. The van der Waals surface area contributed by atoms with Crippen LogP contribution in [0.25, 0.3) is 0 Å². The van der Waals surface area contributed by atoms with Crippen molar-refractivity contribution >= 4 is 0 Å². The zero-order chi connectivity index (χ0) is 12.3. The molecule has 0 atom stereocenters. The number of hydrogen-bond donors (Lipinski definition) is 0. The predicted octanol–water partition coefficient (Wildman–Crippen LogP) is 3.42.